The third-order valence-electron chi connectivity index (χ3n) is 5.28. The van der Waals surface area contributed by atoms with Crippen LogP contribution in [0.1, 0.15) is 22.3 Å². The highest BCUT2D eigenvalue weighted by Crippen LogP contribution is 2.30. The van der Waals surface area contributed by atoms with Crippen LogP contribution < -0.4 is 15.0 Å². The fourth-order valence-electron chi connectivity index (χ4n) is 3.47. The lowest BCUT2D eigenvalue weighted by molar-refractivity contribution is -0.122. The summed E-state index contributed by atoms with van der Waals surface area (Å²) in [6, 6.07) is 15.7. The molecule has 0 unspecified atom stereocenters. The van der Waals surface area contributed by atoms with Gasteiger partial charge >= 0.3 is 6.03 Å². The van der Waals surface area contributed by atoms with Gasteiger partial charge in [0.05, 0.1) is 10.2 Å². The molecule has 0 saturated carbocycles. The summed E-state index contributed by atoms with van der Waals surface area (Å²) < 4.78 is 19.4. The predicted octanol–water partition coefficient (Wildman–Crippen LogP) is 5.45. The molecule has 4 amide bonds. The molecule has 1 aliphatic rings. The van der Waals surface area contributed by atoms with E-state index >= 15 is 0 Å². The Hall–Kier alpha value is -3.78. The van der Waals surface area contributed by atoms with Crippen LogP contribution in [0.3, 0.4) is 0 Å². The molecule has 1 fully saturated rings. The van der Waals surface area contributed by atoms with E-state index in [1.165, 1.54) is 18.2 Å². The van der Waals surface area contributed by atoms with E-state index in [1.54, 1.807) is 43.3 Å². The highest BCUT2D eigenvalue weighted by Gasteiger charge is 2.37. The predicted molar refractivity (Wildman–Crippen MR) is 130 cm³/mol. The average molecular weight is 523 g/mol. The molecule has 3 aromatic carbocycles. The van der Waals surface area contributed by atoms with Crippen molar-refractivity contribution in [2.75, 3.05) is 4.90 Å². The standard InChI is InChI=1S/C26H20BrFN2O4/c1-15-3-4-16(2)22(11-15)30-25(32)20(24(31)29-26(30)33)12-18-7-10-23(21(27)13-18)34-14-17-5-8-19(28)9-6-17/h3-13H,14H2,1-2H3,(H,29,31,33)/b20-12+. The summed E-state index contributed by atoms with van der Waals surface area (Å²) in [4.78, 5) is 39.1. The van der Waals surface area contributed by atoms with E-state index in [0.717, 1.165) is 21.6 Å². The Morgan fingerprint density at radius 2 is 1.74 bits per heavy atom. The lowest BCUT2D eigenvalue weighted by Crippen LogP contribution is -2.54. The molecule has 3 aromatic rings. The number of hydrogen-bond acceptors (Lipinski definition) is 4. The van der Waals surface area contributed by atoms with Gasteiger partial charge < -0.3 is 4.74 Å². The minimum absolute atomic E-state index is 0.160. The summed E-state index contributed by atoms with van der Waals surface area (Å²) in [5.74, 6) is -1.24. The maximum Gasteiger partial charge on any atom is 0.335 e. The molecule has 0 aromatic heterocycles. The quantitative estimate of drug-likeness (QED) is 0.357. The summed E-state index contributed by atoms with van der Waals surface area (Å²) in [7, 11) is 0. The number of urea groups is 1. The number of benzene rings is 3. The molecular weight excluding hydrogens is 503 g/mol. The van der Waals surface area contributed by atoms with Crippen LogP contribution in [0.2, 0.25) is 0 Å². The van der Waals surface area contributed by atoms with E-state index < -0.39 is 17.8 Å². The number of nitrogens with zero attached hydrogens (tertiary/aromatic N) is 1. The van der Waals surface area contributed by atoms with Crippen LogP contribution in [-0.4, -0.2) is 17.8 Å². The summed E-state index contributed by atoms with van der Waals surface area (Å²) in [5.41, 5.74) is 3.24. The van der Waals surface area contributed by atoms with Crippen LogP contribution >= 0.6 is 15.9 Å². The van der Waals surface area contributed by atoms with E-state index in [-0.39, 0.29) is 18.0 Å². The van der Waals surface area contributed by atoms with E-state index in [1.807, 2.05) is 19.1 Å². The van der Waals surface area contributed by atoms with Gasteiger partial charge in [0.1, 0.15) is 23.7 Å². The monoisotopic (exact) mass is 522 g/mol. The van der Waals surface area contributed by atoms with Gasteiger partial charge in [-0.25, -0.2) is 14.1 Å². The van der Waals surface area contributed by atoms with Crippen LogP contribution in [-0.2, 0) is 16.2 Å². The van der Waals surface area contributed by atoms with Crippen molar-refractivity contribution in [1.29, 1.82) is 0 Å². The Morgan fingerprint density at radius 1 is 1.00 bits per heavy atom. The molecule has 1 N–H and O–H groups in total. The van der Waals surface area contributed by atoms with E-state index in [9.17, 15) is 18.8 Å². The molecule has 1 heterocycles. The number of hydrogen-bond donors (Lipinski definition) is 1. The third-order valence-corrected chi connectivity index (χ3v) is 5.90. The number of anilines is 1. The van der Waals surface area contributed by atoms with Crippen molar-refractivity contribution in [2.45, 2.75) is 20.5 Å². The largest absolute Gasteiger partial charge is 0.488 e. The Morgan fingerprint density at radius 3 is 2.44 bits per heavy atom. The Kier molecular flexibility index (Phi) is 6.61. The summed E-state index contributed by atoms with van der Waals surface area (Å²) in [6.07, 6.45) is 1.43. The number of barbiturate groups is 1. The minimum atomic E-state index is -0.786. The number of rotatable bonds is 5. The zero-order chi connectivity index (χ0) is 24.4. The first-order valence-electron chi connectivity index (χ1n) is 10.4. The van der Waals surface area contributed by atoms with Crippen molar-refractivity contribution in [3.8, 4) is 5.75 Å². The number of aryl methyl sites for hydroxylation is 2. The highest BCUT2D eigenvalue weighted by molar-refractivity contribution is 9.10. The number of imide groups is 2. The number of nitrogens with one attached hydrogen (secondary N) is 1. The van der Waals surface area contributed by atoms with Crippen LogP contribution in [0, 0.1) is 19.7 Å². The van der Waals surface area contributed by atoms with Crippen LogP contribution in [0.15, 0.2) is 70.7 Å². The van der Waals surface area contributed by atoms with Crippen molar-refractivity contribution < 1.29 is 23.5 Å². The van der Waals surface area contributed by atoms with Gasteiger partial charge in [-0.2, -0.15) is 0 Å². The zero-order valence-electron chi connectivity index (χ0n) is 18.4. The lowest BCUT2D eigenvalue weighted by atomic mass is 10.0. The lowest BCUT2D eigenvalue weighted by Gasteiger charge is -2.27. The van der Waals surface area contributed by atoms with Gasteiger partial charge in [-0.3, -0.25) is 14.9 Å². The van der Waals surface area contributed by atoms with Crippen molar-refractivity contribution >= 4 is 45.5 Å². The number of amides is 4. The molecule has 1 saturated heterocycles. The molecular formula is C26H20BrFN2O4. The Bertz CT molecular complexity index is 1340. The van der Waals surface area contributed by atoms with Crippen LogP contribution in [0.25, 0.3) is 6.08 Å². The highest BCUT2D eigenvalue weighted by atomic mass is 79.9. The van der Waals surface area contributed by atoms with Gasteiger partial charge in [0.15, 0.2) is 0 Å². The minimum Gasteiger partial charge on any atom is -0.488 e. The Balaban J connectivity index is 1.58. The van der Waals surface area contributed by atoms with Gasteiger partial charge in [0.2, 0.25) is 0 Å². The molecule has 1 aliphatic heterocycles. The first-order chi connectivity index (χ1) is 16.2. The molecule has 34 heavy (non-hydrogen) atoms. The van der Waals surface area contributed by atoms with E-state index in [2.05, 4.69) is 21.2 Å². The van der Waals surface area contributed by atoms with Gasteiger partial charge in [-0.1, -0.05) is 30.3 Å². The number of ether oxygens (including phenoxy) is 1. The first-order valence-corrected chi connectivity index (χ1v) is 11.2. The molecule has 0 atom stereocenters. The van der Waals surface area contributed by atoms with Gasteiger partial charge in [0, 0.05) is 0 Å². The topological polar surface area (TPSA) is 75.7 Å². The fourth-order valence-corrected chi connectivity index (χ4v) is 3.98. The second kappa shape index (κ2) is 9.61. The summed E-state index contributed by atoms with van der Waals surface area (Å²) in [6.45, 7) is 3.89. The molecule has 0 spiro atoms. The van der Waals surface area contributed by atoms with Gasteiger partial charge in [-0.05, 0) is 88.4 Å². The Labute approximate surface area is 204 Å². The van der Waals surface area contributed by atoms with Crippen molar-refractivity contribution in [1.82, 2.24) is 5.32 Å². The maximum atomic E-state index is 13.2. The normalized spacial score (nSPS) is 15.0. The number of halogens is 2. The molecule has 0 bridgehead atoms. The van der Waals surface area contributed by atoms with Crippen molar-refractivity contribution in [3.05, 3.63) is 98.8 Å². The average Bonchev–Trinajstić information content (AvgIpc) is 2.79. The molecule has 0 radical (unpaired) electrons. The molecule has 0 aliphatic carbocycles. The van der Waals surface area contributed by atoms with Crippen LogP contribution in [0.5, 0.6) is 5.75 Å². The second-order valence-electron chi connectivity index (χ2n) is 7.85. The first kappa shape index (κ1) is 23.4. The smallest absolute Gasteiger partial charge is 0.335 e. The molecule has 6 nitrogen and oxygen atoms in total. The summed E-state index contributed by atoms with van der Waals surface area (Å²) >= 11 is 3.44. The van der Waals surface area contributed by atoms with E-state index in [4.69, 9.17) is 4.74 Å². The molecule has 172 valence electrons. The fraction of sp³-hybridized carbons (Fsp3) is 0.115. The molecule has 8 heteroatoms. The van der Waals surface area contributed by atoms with Crippen LogP contribution in [0.4, 0.5) is 14.9 Å². The number of carbonyl (C=O) groups excluding carboxylic acids is 3. The van der Waals surface area contributed by atoms with E-state index in [0.29, 0.717) is 21.5 Å². The summed E-state index contributed by atoms with van der Waals surface area (Å²) in [5, 5.41) is 2.24. The second-order valence-corrected chi connectivity index (χ2v) is 8.71. The third kappa shape index (κ3) is 4.92. The van der Waals surface area contributed by atoms with Crippen molar-refractivity contribution in [2.24, 2.45) is 0 Å². The SMILES string of the molecule is Cc1ccc(C)c(N2C(=O)NC(=O)/C(=C\c3ccc(OCc4ccc(F)cc4)c(Br)c3)C2=O)c1. The van der Waals surface area contributed by atoms with Gasteiger partial charge in [-0.15, -0.1) is 0 Å². The maximum absolute atomic E-state index is 13.2. The van der Waals surface area contributed by atoms with Gasteiger partial charge in [0.25, 0.3) is 11.8 Å². The zero-order valence-corrected chi connectivity index (χ0v) is 20.0. The molecule has 4 rings (SSSR count). The van der Waals surface area contributed by atoms with Crippen molar-refractivity contribution in [3.63, 3.8) is 0 Å². The number of carbonyl (C=O) groups is 3.